The predicted molar refractivity (Wildman–Crippen MR) is 54.0 cm³/mol. The van der Waals surface area contributed by atoms with Crippen molar-refractivity contribution in [3.63, 3.8) is 0 Å². The van der Waals surface area contributed by atoms with E-state index < -0.39 is 0 Å². The average molecular weight is 199 g/mol. The van der Waals surface area contributed by atoms with Crippen molar-refractivity contribution in [1.29, 1.82) is 0 Å². The highest BCUT2D eigenvalue weighted by atomic mass is 32.2. The van der Waals surface area contributed by atoms with Crippen molar-refractivity contribution in [3.05, 3.63) is 6.33 Å². The third-order valence-corrected chi connectivity index (χ3v) is 2.16. The molecule has 0 aliphatic rings. The van der Waals surface area contributed by atoms with Gasteiger partial charge in [-0.25, -0.2) is 4.98 Å². The first kappa shape index (κ1) is 10.1. The normalized spacial score (nSPS) is 10.0. The summed E-state index contributed by atoms with van der Waals surface area (Å²) in [6.07, 6.45) is 4.33. The summed E-state index contributed by atoms with van der Waals surface area (Å²) in [6.45, 7) is 2.67. The van der Waals surface area contributed by atoms with Gasteiger partial charge in [0.05, 0.1) is 6.61 Å². The molecule has 0 atom stereocenters. The Morgan fingerprint density at radius 3 is 2.92 bits per heavy atom. The van der Waals surface area contributed by atoms with Gasteiger partial charge in [0.2, 0.25) is 5.88 Å². The van der Waals surface area contributed by atoms with Crippen molar-refractivity contribution >= 4 is 17.4 Å². The van der Waals surface area contributed by atoms with Crippen molar-refractivity contribution in [2.45, 2.75) is 18.4 Å². The van der Waals surface area contributed by atoms with E-state index in [2.05, 4.69) is 9.97 Å². The Kier molecular flexibility index (Phi) is 3.82. The van der Waals surface area contributed by atoms with Crippen molar-refractivity contribution < 1.29 is 4.74 Å². The first-order valence-corrected chi connectivity index (χ1v) is 5.29. The molecule has 0 saturated heterocycles. The molecule has 0 radical (unpaired) electrons. The summed E-state index contributed by atoms with van der Waals surface area (Å²) in [4.78, 5) is 7.97. The Hall–Kier alpha value is -0.970. The van der Waals surface area contributed by atoms with Crippen molar-refractivity contribution in [2.75, 3.05) is 18.6 Å². The molecular formula is C8H13N3OS. The number of nitrogens with zero attached hydrogens (tertiary/aromatic N) is 2. The van der Waals surface area contributed by atoms with Crippen LogP contribution >= 0.6 is 11.8 Å². The number of nitrogens with two attached hydrogens (primary N) is 1. The molecule has 0 spiro atoms. The second-order valence-electron chi connectivity index (χ2n) is 2.45. The van der Waals surface area contributed by atoms with Crippen LogP contribution < -0.4 is 10.5 Å². The van der Waals surface area contributed by atoms with Gasteiger partial charge in [-0.1, -0.05) is 6.92 Å². The van der Waals surface area contributed by atoms with Gasteiger partial charge in [-0.3, -0.25) is 0 Å². The van der Waals surface area contributed by atoms with E-state index in [4.69, 9.17) is 10.5 Å². The molecule has 13 heavy (non-hydrogen) atoms. The van der Waals surface area contributed by atoms with Gasteiger partial charge in [0.15, 0.2) is 0 Å². The Balaban J connectivity index is 2.81. The maximum Gasteiger partial charge on any atom is 0.241 e. The van der Waals surface area contributed by atoms with Gasteiger partial charge in [0, 0.05) is 0 Å². The standard InChI is InChI=1S/C8H13N3OS/c1-3-4-12-7-6(9)8(13-2)11-5-10-7/h5H,3-4,9H2,1-2H3. The first-order chi connectivity index (χ1) is 6.29. The zero-order valence-electron chi connectivity index (χ0n) is 7.78. The quantitative estimate of drug-likeness (QED) is 0.589. The molecule has 0 fully saturated rings. The van der Waals surface area contributed by atoms with Gasteiger partial charge in [0.25, 0.3) is 0 Å². The van der Waals surface area contributed by atoms with Crippen LogP contribution in [-0.4, -0.2) is 22.8 Å². The van der Waals surface area contributed by atoms with E-state index >= 15 is 0 Å². The van der Waals surface area contributed by atoms with E-state index in [1.54, 1.807) is 0 Å². The maximum absolute atomic E-state index is 5.76. The summed E-state index contributed by atoms with van der Waals surface area (Å²) in [7, 11) is 0. The molecule has 1 heterocycles. The molecule has 4 nitrogen and oxygen atoms in total. The Labute approximate surface area is 81.9 Å². The van der Waals surface area contributed by atoms with Crippen LogP contribution in [-0.2, 0) is 0 Å². The molecule has 0 aromatic carbocycles. The average Bonchev–Trinajstić information content (AvgIpc) is 2.16. The van der Waals surface area contributed by atoms with Crippen LogP contribution in [0, 0.1) is 0 Å². The summed E-state index contributed by atoms with van der Waals surface area (Å²) in [6, 6.07) is 0. The maximum atomic E-state index is 5.76. The van der Waals surface area contributed by atoms with Crippen LogP contribution in [0.4, 0.5) is 5.69 Å². The van der Waals surface area contributed by atoms with Crippen molar-refractivity contribution in [2.24, 2.45) is 0 Å². The summed E-state index contributed by atoms with van der Waals surface area (Å²) in [5, 5.41) is 0.765. The smallest absolute Gasteiger partial charge is 0.241 e. The minimum Gasteiger partial charge on any atom is -0.476 e. The zero-order chi connectivity index (χ0) is 9.68. The minimum atomic E-state index is 0.487. The Bertz CT molecular complexity index is 280. The highest BCUT2D eigenvalue weighted by molar-refractivity contribution is 7.98. The van der Waals surface area contributed by atoms with E-state index in [9.17, 15) is 0 Å². The molecule has 5 heteroatoms. The summed E-state index contributed by atoms with van der Waals surface area (Å²) < 4.78 is 5.34. The largest absolute Gasteiger partial charge is 0.476 e. The summed E-state index contributed by atoms with van der Waals surface area (Å²) in [5.74, 6) is 0.487. The fraction of sp³-hybridized carbons (Fsp3) is 0.500. The van der Waals surface area contributed by atoms with Crippen LogP contribution in [0.1, 0.15) is 13.3 Å². The van der Waals surface area contributed by atoms with Gasteiger partial charge in [-0.2, -0.15) is 4.98 Å². The van der Waals surface area contributed by atoms with Gasteiger partial charge >= 0.3 is 0 Å². The second kappa shape index (κ2) is 4.91. The molecule has 0 aliphatic heterocycles. The molecule has 2 N–H and O–H groups in total. The van der Waals surface area contributed by atoms with E-state index in [0.29, 0.717) is 18.2 Å². The SMILES string of the molecule is CCCOc1ncnc(SC)c1N. The van der Waals surface area contributed by atoms with E-state index in [0.717, 1.165) is 11.4 Å². The number of ether oxygens (including phenoxy) is 1. The Morgan fingerprint density at radius 2 is 2.31 bits per heavy atom. The van der Waals surface area contributed by atoms with Crippen LogP contribution in [0.25, 0.3) is 0 Å². The van der Waals surface area contributed by atoms with Crippen LogP contribution in [0.3, 0.4) is 0 Å². The summed E-state index contributed by atoms with van der Waals surface area (Å²) >= 11 is 1.49. The second-order valence-corrected chi connectivity index (χ2v) is 3.25. The first-order valence-electron chi connectivity index (χ1n) is 4.06. The van der Waals surface area contributed by atoms with Crippen LogP contribution in [0.15, 0.2) is 11.4 Å². The molecule has 0 amide bonds. The van der Waals surface area contributed by atoms with Crippen molar-refractivity contribution in [1.82, 2.24) is 9.97 Å². The van der Waals surface area contributed by atoms with Gasteiger partial charge < -0.3 is 10.5 Å². The van der Waals surface area contributed by atoms with E-state index in [1.807, 2.05) is 13.2 Å². The third kappa shape index (κ3) is 2.48. The number of aromatic nitrogens is 2. The lowest BCUT2D eigenvalue weighted by Crippen LogP contribution is -2.03. The lowest BCUT2D eigenvalue weighted by atomic mass is 10.5. The fourth-order valence-electron chi connectivity index (χ4n) is 0.841. The van der Waals surface area contributed by atoms with Gasteiger partial charge in [-0.05, 0) is 12.7 Å². The Morgan fingerprint density at radius 1 is 1.54 bits per heavy atom. The van der Waals surface area contributed by atoms with Crippen LogP contribution in [0.2, 0.25) is 0 Å². The topological polar surface area (TPSA) is 61.0 Å². The summed E-state index contributed by atoms with van der Waals surface area (Å²) in [5.41, 5.74) is 6.29. The number of hydrogen-bond donors (Lipinski definition) is 1. The molecule has 0 saturated carbocycles. The lowest BCUT2D eigenvalue weighted by Gasteiger charge is -2.07. The van der Waals surface area contributed by atoms with E-state index in [-0.39, 0.29) is 0 Å². The highest BCUT2D eigenvalue weighted by Gasteiger charge is 2.07. The molecular weight excluding hydrogens is 186 g/mol. The number of rotatable bonds is 4. The van der Waals surface area contributed by atoms with E-state index in [1.165, 1.54) is 18.1 Å². The molecule has 1 rings (SSSR count). The molecule has 0 bridgehead atoms. The lowest BCUT2D eigenvalue weighted by molar-refractivity contribution is 0.305. The highest BCUT2D eigenvalue weighted by Crippen LogP contribution is 2.26. The predicted octanol–water partition coefficient (Wildman–Crippen LogP) is 1.57. The van der Waals surface area contributed by atoms with Crippen molar-refractivity contribution in [3.8, 4) is 5.88 Å². The number of hydrogen-bond acceptors (Lipinski definition) is 5. The molecule has 72 valence electrons. The minimum absolute atomic E-state index is 0.487. The van der Waals surface area contributed by atoms with Crippen LogP contribution in [0.5, 0.6) is 5.88 Å². The third-order valence-electron chi connectivity index (χ3n) is 1.45. The molecule has 1 aromatic rings. The van der Waals surface area contributed by atoms with Gasteiger partial charge in [0.1, 0.15) is 17.0 Å². The molecule has 0 aliphatic carbocycles. The number of nitrogen functional groups attached to an aromatic ring is 1. The fourth-order valence-corrected chi connectivity index (χ4v) is 1.30. The molecule has 1 aromatic heterocycles. The number of thioether (sulfide) groups is 1. The number of anilines is 1. The molecule has 0 unspecified atom stereocenters. The monoisotopic (exact) mass is 199 g/mol. The zero-order valence-corrected chi connectivity index (χ0v) is 8.60. The van der Waals surface area contributed by atoms with Gasteiger partial charge in [-0.15, -0.1) is 11.8 Å².